The molecular weight excluding hydrogens is 460 g/mol. The molecule has 1 aliphatic heterocycles. The van der Waals surface area contributed by atoms with Crippen molar-refractivity contribution in [1.82, 2.24) is 15.5 Å². The van der Waals surface area contributed by atoms with Gasteiger partial charge >= 0.3 is 12.0 Å². The number of rotatable bonds is 8. The van der Waals surface area contributed by atoms with E-state index in [-0.39, 0.29) is 24.0 Å². The molecule has 0 radical (unpaired) electrons. The van der Waals surface area contributed by atoms with Crippen LogP contribution >= 0.6 is 0 Å². The number of carboxylic acid groups (broad SMARTS) is 1. The Hall–Kier alpha value is -3.75. The first-order valence-corrected chi connectivity index (χ1v) is 12.6. The molecule has 0 atom stereocenters. The Morgan fingerprint density at radius 3 is 2.11 bits per heavy atom. The first-order valence-electron chi connectivity index (χ1n) is 12.6. The number of anilines is 1. The standard InChI is InChI=1S/C27H34N4O5/c32-25(20-6-10-23(11-7-20)36-24-12-8-21(9-13-24)26(33)34)28-14-15-29-27(35)31-18-16-30(17-19-31)22-4-2-1-3-5-22/h1-7,10-11,21,24H,8-9,12-19H2,(H,28,32)(H,29,35)(H,33,34)/t21-,24+. The van der Waals surface area contributed by atoms with Crippen LogP contribution in [0.3, 0.4) is 0 Å². The Kier molecular flexibility index (Phi) is 8.65. The monoisotopic (exact) mass is 494 g/mol. The van der Waals surface area contributed by atoms with Gasteiger partial charge in [-0.2, -0.15) is 0 Å². The summed E-state index contributed by atoms with van der Waals surface area (Å²) in [4.78, 5) is 40.0. The number of nitrogens with zero attached hydrogens (tertiary/aromatic N) is 2. The summed E-state index contributed by atoms with van der Waals surface area (Å²) < 4.78 is 5.95. The summed E-state index contributed by atoms with van der Waals surface area (Å²) in [6.07, 6.45) is 2.69. The van der Waals surface area contributed by atoms with Gasteiger partial charge in [0.05, 0.1) is 12.0 Å². The lowest BCUT2D eigenvalue weighted by Crippen LogP contribution is -2.52. The lowest BCUT2D eigenvalue weighted by molar-refractivity contribution is -0.143. The molecule has 2 aromatic carbocycles. The molecular formula is C27H34N4O5. The van der Waals surface area contributed by atoms with E-state index in [0.29, 0.717) is 63.2 Å². The van der Waals surface area contributed by atoms with Crippen LogP contribution in [0.25, 0.3) is 0 Å². The number of ether oxygens (including phenoxy) is 1. The molecule has 36 heavy (non-hydrogen) atoms. The van der Waals surface area contributed by atoms with Crippen LogP contribution in [-0.2, 0) is 4.79 Å². The molecule has 1 aliphatic carbocycles. The number of aliphatic carboxylic acids is 1. The predicted octanol–water partition coefficient (Wildman–Crippen LogP) is 2.97. The quantitative estimate of drug-likeness (QED) is 0.487. The van der Waals surface area contributed by atoms with Gasteiger partial charge in [0.1, 0.15) is 5.75 Å². The lowest BCUT2D eigenvalue weighted by atomic mass is 9.87. The molecule has 9 nitrogen and oxygen atoms in total. The van der Waals surface area contributed by atoms with E-state index in [0.717, 1.165) is 13.1 Å². The maximum Gasteiger partial charge on any atom is 0.317 e. The second-order valence-electron chi connectivity index (χ2n) is 9.25. The van der Waals surface area contributed by atoms with E-state index in [9.17, 15) is 14.4 Å². The number of urea groups is 1. The fourth-order valence-electron chi connectivity index (χ4n) is 4.67. The van der Waals surface area contributed by atoms with Crippen LogP contribution in [0.4, 0.5) is 10.5 Å². The highest BCUT2D eigenvalue weighted by atomic mass is 16.5. The zero-order chi connectivity index (χ0) is 25.3. The molecule has 0 unspecified atom stereocenters. The van der Waals surface area contributed by atoms with E-state index in [2.05, 4.69) is 27.7 Å². The van der Waals surface area contributed by atoms with Gasteiger partial charge in [0, 0.05) is 50.5 Å². The molecule has 2 aromatic rings. The molecule has 3 N–H and O–H groups in total. The van der Waals surface area contributed by atoms with Crippen LogP contribution in [0.1, 0.15) is 36.0 Å². The van der Waals surface area contributed by atoms with Gasteiger partial charge in [0.15, 0.2) is 0 Å². The molecule has 3 amide bonds. The number of amides is 3. The number of piperazine rings is 1. The molecule has 1 saturated heterocycles. The van der Waals surface area contributed by atoms with Crippen molar-refractivity contribution in [2.75, 3.05) is 44.2 Å². The van der Waals surface area contributed by atoms with Crippen molar-refractivity contribution in [1.29, 1.82) is 0 Å². The second kappa shape index (κ2) is 12.3. The molecule has 2 fully saturated rings. The van der Waals surface area contributed by atoms with E-state index in [1.165, 1.54) is 5.69 Å². The number of carbonyl (C=O) groups excluding carboxylic acids is 2. The van der Waals surface area contributed by atoms with Crippen molar-refractivity contribution in [3.63, 3.8) is 0 Å². The Morgan fingerprint density at radius 2 is 1.47 bits per heavy atom. The third kappa shape index (κ3) is 6.90. The normalized spacial score (nSPS) is 19.9. The molecule has 0 aromatic heterocycles. The molecule has 1 saturated carbocycles. The minimum absolute atomic E-state index is 0.00482. The van der Waals surface area contributed by atoms with Crippen molar-refractivity contribution in [2.24, 2.45) is 5.92 Å². The van der Waals surface area contributed by atoms with Crippen LogP contribution in [0.15, 0.2) is 54.6 Å². The van der Waals surface area contributed by atoms with Crippen LogP contribution in [0, 0.1) is 5.92 Å². The highest BCUT2D eigenvalue weighted by molar-refractivity contribution is 5.94. The third-order valence-corrected chi connectivity index (χ3v) is 6.82. The van der Waals surface area contributed by atoms with E-state index < -0.39 is 5.97 Å². The average Bonchev–Trinajstić information content (AvgIpc) is 2.92. The van der Waals surface area contributed by atoms with Crippen molar-refractivity contribution in [2.45, 2.75) is 31.8 Å². The van der Waals surface area contributed by atoms with E-state index in [1.54, 1.807) is 29.2 Å². The van der Waals surface area contributed by atoms with Crippen molar-refractivity contribution in [3.05, 3.63) is 60.2 Å². The van der Waals surface area contributed by atoms with Crippen LogP contribution in [0.5, 0.6) is 5.75 Å². The second-order valence-corrected chi connectivity index (χ2v) is 9.25. The number of benzene rings is 2. The minimum atomic E-state index is -0.731. The van der Waals surface area contributed by atoms with Gasteiger partial charge in [-0.05, 0) is 62.1 Å². The fourth-order valence-corrected chi connectivity index (χ4v) is 4.67. The number of para-hydroxylation sites is 1. The number of carboxylic acids is 1. The minimum Gasteiger partial charge on any atom is -0.490 e. The molecule has 1 heterocycles. The summed E-state index contributed by atoms with van der Waals surface area (Å²) in [5.41, 5.74) is 1.68. The Morgan fingerprint density at radius 1 is 0.833 bits per heavy atom. The summed E-state index contributed by atoms with van der Waals surface area (Å²) in [6, 6.07) is 17.0. The molecule has 2 aliphatic rings. The average molecular weight is 495 g/mol. The highest BCUT2D eigenvalue weighted by Gasteiger charge is 2.27. The van der Waals surface area contributed by atoms with Gasteiger partial charge in [-0.15, -0.1) is 0 Å². The zero-order valence-corrected chi connectivity index (χ0v) is 20.4. The summed E-state index contributed by atoms with van der Waals surface area (Å²) in [7, 11) is 0. The first-order chi connectivity index (χ1) is 17.5. The van der Waals surface area contributed by atoms with Gasteiger partial charge < -0.3 is 30.3 Å². The molecule has 0 spiro atoms. The Bertz CT molecular complexity index is 1010. The predicted molar refractivity (Wildman–Crippen MR) is 136 cm³/mol. The Balaban J connectivity index is 1.12. The summed E-state index contributed by atoms with van der Waals surface area (Å²) in [5, 5.41) is 14.8. The maximum absolute atomic E-state index is 12.4. The van der Waals surface area contributed by atoms with Crippen molar-refractivity contribution >= 4 is 23.6 Å². The number of nitrogens with one attached hydrogen (secondary N) is 2. The van der Waals surface area contributed by atoms with E-state index in [4.69, 9.17) is 9.84 Å². The number of hydrogen-bond donors (Lipinski definition) is 3. The fraction of sp³-hybridized carbons (Fsp3) is 0.444. The van der Waals surface area contributed by atoms with Gasteiger partial charge in [-0.3, -0.25) is 9.59 Å². The SMILES string of the molecule is O=C(NCCNC(=O)N1CCN(c2ccccc2)CC1)c1ccc(O[C@H]2CC[C@@H](C(=O)O)CC2)cc1. The van der Waals surface area contributed by atoms with Gasteiger partial charge in [-0.25, -0.2) is 4.79 Å². The van der Waals surface area contributed by atoms with Gasteiger partial charge in [0.25, 0.3) is 5.91 Å². The summed E-state index contributed by atoms with van der Waals surface area (Å²) in [5.74, 6) is -0.546. The summed E-state index contributed by atoms with van der Waals surface area (Å²) >= 11 is 0. The smallest absolute Gasteiger partial charge is 0.317 e. The first kappa shape index (κ1) is 25.3. The zero-order valence-electron chi connectivity index (χ0n) is 20.4. The van der Waals surface area contributed by atoms with E-state index in [1.807, 2.05) is 18.2 Å². The highest BCUT2D eigenvalue weighted by Crippen LogP contribution is 2.28. The van der Waals surface area contributed by atoms with Crippen molar-refractivity contribution in [3.8, 4) is 5.75 Å². The molecule has 0 bridgehead atoms. The molecule has 9 heteroatoms. The maximum atomic E-state index is 12.4. The Labute approximate surface area is 211 Å². The van der Waals surface area contributed by atoms with Gasteiger partial charge in [0.2, 0.25) is 0 Å². The lowest BCUT2D eigenvalue weighted by Gasteiger charge is -2.36. The number of hydrogen-bond acceptors (Lipinski definition) is 5. The third-order valence-electron chi connectivity index (χ3n) is 6.82. The topological polar surface area (TPSA) is 111 Å². The van der Waals surface area contributed by atoms with Crippen LogP contribution in [-0.4, -0.2) is 73.3 Å². The van der Waals surface area contributed by atoms with Gasteiger partial charge in [-0.1, -0.05) is 18.2 Å². The molecule has 192 valence electrons. The number of carbonyl (C=O) groups is 3. The molecule has 4 rings (SSSR count). The van der Waals surface area contributed by atoms with Crippen molar-refractivity contribution < 1.29 is 24.2 Å². The van der Waals surface area contributed by atoms with E-state index >= 15 is 0 Å². The largest absolute Gasteiger partial charge is 0.490 e. The van der Waals surface area contributed by atoms with Crippen LogP contribution in [0.2, 0.25) is 0 Å². The van der Waals surface area contributed by atoms with Crippen LogP contribution < -0.4 is 20.3 Å². The summed E-state index contributed by atoms with van der Waals surface area (Å²) in [6.45, 7) is 3.57.